The van der Waals surface area contributed by atoms with E-state index >= 15 is 0 Å². The van der Waals surface area contributed by atoms with Gasteiger partial charge >= 0.3 is 4.05 Å². The van der Waals surface area contributed by atoms with Crippen molar-refractivity contribution in [1.29, 1.82) is 0 Å². The third-order valence-corrected chi connectivity index (χ3v) is 0.914. The largest absolute Gasteiger partial charge is 0.431 e. The van der Waals surface area contributed by atoms with E-state index < -0.39 is 0 Å². The summed E-state index contributed by atoms with van der Waals surface area (Å²) < 4.78 is 4.65. The predicted molar refractivity (Wildman–Crippen MR) is 35.8 cm³/mol. The van der Waals surface area contributed by atoms with Crippen molar-refractivity contribution in [3.8, 4) is 0 Å². The van der Waals surface area contributed by atoms with Gasteiger partial charge in [-0.15, -0.1) is 0 Å². The van der Waals surface area contributed by atoms with Crippen molar-refractivity contribution < 1.29 is 4.65 Å². The lowest BCUT2D eigenvalue weighted by molar-refractivity contribution is 0.454. The molecule has 0 spiro atoms. The zero-order valence-electron chi connectivity index (χ0n) is 2.81. The number of rotatable bonds is 1. The lowest BCUT2D eigenvalue weighted by Crippen LogP contribution is -1.92. The topological polar surface area (TPSA) is 9.23 Å². The van der Waals surface area contributed by atoms with Crippen LogP contribution in [0, 0.1) is 0 Å². The van der Waals surface area contributed by atoms with Gasteiger partial charge in [0, 0.05) is 7.11 Å². The molecule has 0 saturated carbocycles. The van der Waals surface area contributed by atoms with Crippen molar-refractivity contribution in [2.45, 2.75) is 0 Å². The van der Waals surface area contributed by atoms with E-state index in [1.165, 1.54) is 0 Å². The Hall–Kier alpha value is 1.10. The van der Waals surface area contributed by atoms with Crippen LogP contribution >= 0.6 is 34.9 Å². The van der Waals surface area contributed by atoms with Crippen LogP contribution in [0.2, 0.25) is 0 Å². The minimum Gasteiger partial charge on any atom is -0.420 e. The summed E-state index contributed by atoms with van der Waals surface area (Å²) in [5, 5.41) is 0. The van der Waals surface area contributed by atoms with Crippen LogP contribution in [0.1, 0.15) is 0 Å². The quantitative estimate of drug-likeness (QED) is 0.378. The summed E-state index contributed by atoms with van der Waals surface area (Å²) in [7, 11) is 1.62. The maximum absolute atomic E-state index is 4.60. The molecule has 5 heavy (non-hydrogen) atoms. The Kier molecular flexibility index (Phi) is 4.03. The Balaban J connectivity index is 2.54. The number of hydrogen-bond donors (Lipinski definition) is 1. The van der Waals surface area contributed by atoms with Crippen LogP contribution in [0.4, 0.5) is 0 Å². The molecule has 0 saturated heterocycles. The highest BCUT2D eigenvalue weighted by Gasteiger charge is 1.94. The van der Waals surface area contributed by atoms with Crippen LogP contribution in [0.25, 0.3) is 0 Å². The fourth-order valence-corrected chi connectivity index (χ4v) is 0. The van der Waals surface area contributed by atoms with Crippen molar-refractivity contribution in [1.82, 2.24) is 0 Å². The second kappa shape index (κ2) is 3.30. The van der Waals surface area contributed by atoms with Crippen molar-refractivity contribution in [3.63, 3.8) is 0 Å². The molecule has 0 aliphatic rings. The van der Waals surface area contributed by atoms with Crippen LogP contribution in [-0.4, -0.2) is 11.2 Å². The fourth-order valence-electron chi connectivity index (χ4n) is 0. The average molecular weight is 202 g/mol. The van der Waals surface area contributed by atoms with Crippen LogP contribution < -0.4 is 0 Å². The van der Waals surface area contributed by atoms with Crippen molar-refractivity contribution in [2.75, 3.05) is 7.11 Å². The van der Waals surface area contributed by atoms with E-state index in [1.807, 2.05) is 22.4 Å². The van der Waals surface area contributed by atoms with E-state index in [-0.39, 0.29) is 4.05 Å². The van der Waals surface area contributed by atoms with Gasteiger partial charge in [-0.1, -0.05) is 22.4 Å². The minimum absolute atomic E-state index is 0.0487. The normalized spacial score (nSPS) is 7.80. The lowest BCUT2D eigenvalue weighted by atomic mass is 10.5. The van der Waals surface area contributed by atoms with Gasteiger partial charge < -0.3 is 4.65 Å². The zero-order valence-corrected chi connectivity index (χ0v) is 5.86. The van der Waals surface area contributed by atoms with Gasteiger partial charge in [-0.3, -0.25) is 0 Å². The molecule has 0 fully saturated rings. The fraction of sp³-hybridized carbons (Fsp3) is 1.00. The standard InChI is InChI=1S/CH4BIOS/c1-4-2(3)5/h5H,1H3. The SMILES string of the molecule is COB(S)I. The summed E-state index contributed by atoms with van der Waals surface area (Å²) in [5.74, 6) is 0. The first-order valence-corrected chi connectivity index (χ1v) is 2.88. The molecule has 0 heterocycles. The molecule has 0 unspecified atom stereocenters. The van der Waals surface area contributed by atoms with E-state index in [1.54, 1.807) is 7.11 Å². The lowest BCUT2D eigenvalue weighted by Gasteiger charge is -1.85. The van der Waals surface area contributed by atoms with Crippen molar-refractivity contribution in [2.24, 2.45) is 0 Å². The Morgan fingerprint density at radius 1 is 2.00 bits per heavy atom. The molecule has 0 aliphatic heterocycles. The van der Waals surface area contributed by atoms with Gasteiger partial charge in [-0.05, 0) is 0 Å². The Morgan fingerprint density at radius 3 is 2.20 bits per heavy atom. The Morgan fingerprint density at radius 2 is 2.20 bits per heavy atom. The summed E-state index contributed by atoms with van der Waals surface area (Å²) in [6.07, 6.45) is 0. The summed E-state index contributed by atoms with van der Waals surface area (Å²) >= 11 is 5.91. The van der Waals surface area contributed by atoms with Crippen LogP contribution in [-0.2, 0) is 4.65 Å². The molecule has 0 bridgehead atoms. The molecular formula is CH4BIOS. The summed E-state index contributed by atoms with van der Waals surface area (Å²) in [6, 6.07) is 0. The third-order valence-electron chi connectivity index (χ3n) is 0.194. The van der Waals surface area contributed by atoms with Crippen molar-refractivity contribution >= 4 is 38.9 Å². The zero-order chi connectivity index (χ0) is 4.28. The first-order chi connectivity index (χ1) is 2.27. The van der Waals surface area contributed by atoms with E-state index in [4.69, 9.17) is 0 Å². The summed E-state index contributed by atoms with van der Waals surface area (Å²) in [5.41, 5.74) is 0. The molecule has 0 aromatic rings. The van der Waals surface area contributed by atoms with E-state index in [0.29, 0.717) is 0 Å². The molecule has 4 heteroatoms. The molecule has 1 nitrogen and oxygen atoms in total. The third kappa shape index (κ3) is 5.10. The van der Waals surface area contributed by atoms with Crippen LogP contribution in [0.5, 0.6) is 0 Å². The van der Waals surface area contributed by atoms with Gasteiger partial charge in [0.25, 0.3) is 0 Å². The Bertz CT molecular complexity index is 25.6. The molecule has 0 aliphatic carbocycles. The molecule has 0 N–H and O–H groups in total. The first-order valence-electron chi connectivity index (χ1n) is 1.12. The highest BCUT2D eigenvalue weighted by molar-refractivity contribution is 14.1. The average Bonchev–Trinajstić information content (AvgIpc) is 1.38. The van der Waals surface area contributed by atoms with Crippen LogP contribution in [0.3, 0.4) is 0 Å². The molecule has 0 amide bonds. The van der Waals surface area contributed by atoms with Gasteiger partial charge in [0.2, 0.25) is 0 Å². The van der Waals surface area contributed by atoms with Gasteiger partial charge in [0.1, 0.15) is 0 Å². The summed E-state index contributed by atoms with van der Waals surface area (Å²) in [4.78, 5) is 0. The van der Waals surface area contributed by atoms with Crippen molar-refractivity contribution in [3.05, 3.63) is 0 Å². The van der Waals surface area contributed by atoms with Crippen LogP contribution in [0.15, 0.2) is 0 Å². The van der Waals surface area contributed by atoms with Gasteiger partial charge in [0.05, 0.1) is 0 Å². The highest BCUT2D eigenvalue weighted by atomic mass is 127. The highest BCUT2D eigenvalue weighted by Crippen LogP contribution is 1.96. The molecule has 0 aromatic heterocycles. The molecule has 30 valence electrons. The van der Waals surface area contributed by atoms with E-state index in [2.05, 4.69) is 17.1 Å². The second-order valence-corrected chi connectivity index (χ2v) is 3.11. The number of hydrogen-bond acceptors (Lipinski definition) is 2. The van der Waals surface area contributed by atoms with E-state index in [9.17, 15) is 0 Å². The smallest absolute Gasteiger partial charge is 0.420 e. The van der Waals surface area contributed by atoms with Gasteiger partial charge in [-0.2, -0.15) is 12.5 Å². The maximum Gasteiger partial charge on any atom is 0.431 e. The minimum atomic E-state index is 0.0487. The Labute approximate surface area is 50.8 Å². The maximum atomic E-state index is 4.60. The second-order valence-electron chi connectivity index (χ2n) is 0.528. The molecule has 0 rings (SSSR count). The molecular weight excluding hydrogens is 198 g/mol. The first kappa shape index (κ1) is 6.10. The molecule has 0 radical (unpaired) electrons. The number of thiol groups is 1. The van der Waals surface area contributed by atoms with Gasteiger partial charge in [0.15, 0.2) is 0 Å². The monoisotopic (exact) mass is 202 g/mol. The number of halogens is 1. The van der Waals surface area contributed by atoms with E-state index in [0.717, 1.165) is 0 Å². The molecule has 0 atom stereocenters. The summed E-state index contributed by atoms with van der Waals surface area (Å²) in [6.45, 7) is 0. The molecule has 0 aromatic carbocycles. The van der Waals surface area contributed by atoms with Gasteiger partial charge in [-0.25, -0.2) is 0 Å². The predicted octanol–water partition coefficient (Wildman–Crippen LogP) is 0.982.